The normalized spacial score (nSPS) is 34.7. The summed E-state index contributed by atoms with van der Waals surface area (Å²) >= 11 is 0. The van der Waals surface area contributed by atoms with Crippen LogP contribution in [0.3, 0.4) is 0 Å². The average Bonchev–Trinajstić information content (AvgIpc) is 1.95. The first-order valence-corrected chi connectivity index (χ1v) is 3.97. The molecule has 1 aliphatic heterocycles. The van der Waals surface area contributed by atoms with E-state index in [0.29, 0.717) is 12.1 Å². The Hall–Kier alpha value is -0.370. The van der Waals surface area contributed by atoms with Gasteiger partial charge in [-0.1, -0.05) is 6.92 Å². The summed E-state index contributed by atoms with van der Waals surface area (Å²) in [5, 5.41) is 0. The molecule has 0 aliphatic carbocycles. The first-order valence-electron chi connectivity index (χ1n) is 3.97. The van der Waals surface area contributed by atoms with Crippen molar-refractivity contribution in [3.8, 4) is 0 Å². The van der Waals surface area contributed by atoms with Gasteiger partial charge in [0.1, 0.15) is 0 Å². The van der Waals surface area contributed by atoms with Gasteiger partial charge in [0.25, 0.3) is 0 Å². The lowest BCUT2D eigenvalue weighted by atomic mass is 10.1. The molecule has 0 aromatic heterocycles. The summed E-state index contributed by atoms with van der Waals surface area (Å²) in [6.07, 6.45) is 3.70. The predicted octanol–water partition coefficient (Wildman–Crippen LogP) is 1.37. The van der Waals surface area contributed by atoms with Crippen LogP contribution in [0, 0.1) is 5.92 Å². The van der Waals surface area contributed by atoms with Gasteiger partial charge in [0, 0.05) is 18.7 Å². The van der Waals surface area contributed by atoms with Crippen LogP contribution in [0.1, 0.15) is 20.3 Å². The van der Waals surface area contributed by atoms with E-state index in [4.69, 9.17) is 0 Å². The Morgan fingerprint density at radius 1 is 1.70 bits per heavy atom. The van der Waals surface area contributed by atoms with Crippen molar-refractivity contribution in [1.82, 2.24) is 4.90 Å². The first-order chi connectivity index (χ1) is 4.74. The monoisotopic (exact) mass is 140 g/mol. The Balaban J connectivity index is 2.51. The third-order valence-electron chi connectivity index (χ3n) is 2.20. The van der Waals surface area contributed by atoms with E-state index in [1.54, 1.807) is 0 Å². The molecule has 1 aliphatic rings. The third kappa shape index (κ3) is 1.57. The van der Waals surface area contributed by atoms with Crippen molar-refractivity contribution in [3.05, 3.63) is 0 Å². The van der Waals surface area contributed by atoms with E-state index < -0.39 is 0 Å². The van der Waals surface area contributed by atoms with E-state index in [1.165, 1.54) is 13.0 Å². The van der Waals surface area contributed by atoms with Gasteiger partial charge >= 0.3 is 0 Å². The second kappa shape index (κ2) is 3.15. The number of aliphatic imine (C=N–C) groups is 1. The van der Waals surface area contributed by atoms with Crippen molar-refractivity contribution >= 4 is 6.21 Å². The number of nitrogens with zero attached hydrogens (tertiary/aromatic N) is 2. The summed E-state index contributed by atoms with van der Waals surface area (Å²) < 4.78 is 0. The molecule has 2 nitrogen and oxygen atoms in total. The van der Waals surface area contributed by atoms with Crippen molar-refractivity contribution in [2.24, 2.45) is 10.9 Å². The molecule has 2 heteroatoms. The van der Waals surface area contributed by atoms with E-state index in [-0.39, 0.29) is 0 Å². The molecular formula is C8H16N2. The van der Waals surface area contributed by atoms with Crippen molar-refractivity contribution in [2.75, 3.05) is 13.6 Å². The van der Waals surface area contributed by atoms with Crippen LogP contribution >= 0.6 is 0 Å². The molecule has 2 unspecified atom stereocenters. The van der Waals surface area contributed by atoms with Crippen LogP contribution in [0.2, 0.25) is 0 Å². The van der Waals surface area contributed by atoms with E-state index in [9.17, 15) is 0 Å². The summed E-state index contributed by atoms with van der Waals surface area (Å²) in [5.74, 6) is 0.682. The summed E-state index contributed by atoms with van der Waals surface area (Å²) in [4.78, 5) is 6.65. The molecule has 1 rings (SSSR count). The molecule has 1 heterocycles. The zero-order chi connectivity index (χ0) is 7.56. The Bertz CT molecular complexity index is 131. The van der Waals surface area contributed by atoms with E-state index in [1.807, 2.05) is 0 Å². The van der Waals surface area contributed by atoms with Gasteiger partial charge in [-0.2, -0.15) is 0 Å². The Kier molecular flexibility index (Phi) is 2.44. The van der Waals surface area contributed by atoms with E-state index >= 15 is 0 Å². The van der Waals surface area contributed by atoms with Gasteiger partial charge in [0.2, 0.25) is 0 Å². The molecule has 0 fully saturated rings. The molecule has 10 heavy (non-hydrogen) atoms. The number of rotatable bonds is 1. The van der Waals surface area contributed by atoms with Crippen LogP contribution in [0.15, 0.2) is 4.99 Å². The van der Waals surface area contributed by atoms with Crippen LogP contribution < -0.4 is 0 Å². The zero-order valence-corrected chi connectivity index (χ0v) is 7.04. The minimum atomic E-state index is 0.391. The quantitative estimate of drug-likeness (QED) is 0.537. The molecular weight excluding hydrogens is 124 g/mol. The van der Waals surface area contributed by atoms with Crippen molar-refractivity contribution < 1.29 is 0 Å². The highest BCUT2D eigenvalue weighted by atomic mass is 15.2. The molecule has 0 saturated carbocycles. The lowest BCUT2D eigenvalue weighted by Crippen LogP contribution is -2.36. The lowest BCUT2D eigenvalue weighted by molar-refractivity contribution is 0.230. The largest absolute Gasteiger partial charge is 0.285 e. The smallest absolute Gasteiger partial charge is 0.0984 e. The second-order valence-electron chi connectivity index (χ2n) is 3.04. The first kappa shape index (κ1) is 7.73. The van der Waals surface area contributed by atoms with Crippen LogP contribution in [0.5, 0.6) is 0 Å². The Labute approximate surface area is 62.9 Å². The fourth-order valence-electron chi connectivity index (χ4n) is 1.16. The number of hydrogen-bond acceptors (Lipinski definition) is 2. The molecule has 0 spiro atoms. The van der Waals surface area contributed by atoms with Crippen LogP contribution in [-0.2, 0) is 0 Å². The fraction of sp³-hybridized carbons (Fsp3) is 0.875. The Morgan fingerprint density at radius 3 is 2.90 bits per heavy atom. The SMILES string of the molecule is CCC1C=NC(C)N(C)C1. The van der Waals surface area contributed by atoms with Gasteiger partial charge in [-0.3, -0.25) is 9.89 Å². The van der Waals surface area contributed by atoms with E-state index in [2.05, 4.69) is 37.0 Å². The predicted molar refractivity (Wildman–Crippen MR) is 44.4 cm³/mol. The van der Waals surface area contributed by atoms with Crippen molar-refractivity contribution in [2.45, 2.75) is 26.4 Å². The molecule has 0 aromatic carbocycles. The maximum Gasteiger partial charge on any atom is 0.0984 e. The molecule has 0 bridgehead atoms. The minimum absolute atomic E-state index is 0.391. The molecule has 0 radical (unpaired) electrons. The number of hydrogen-bond donors (Lipinski definition) is 0. The zero-order valence-electron chi connectivity index (χ0n) is 7.04. The Morgan fingerprint density at radius 2 is 2.40 bits per heavy atom. The summed E-state index contributed by atoms with van der Waals surface area (Å²) in [5.41, 5.74) is 0. The van der Waals surface area contributed by atoms with Gasteiger partial charge in [-0.05, 0) is 20.4 Å². The summed E-state index contributed by atoms with van der Waals surface area (Å²) in [6, 6.07) is 0. The molecule has 0 saturated heterocycles. The van der Waals surface area contributed by atoms with Crippen LogP contribution in [0.25, 0.3) is 0 Å². The molecule has 2 atom stereocenters. The van der Waals surface area contributed by atoms with Gasteiger partial charge in [0.05, 0.1) is 6.17 Å². The summed E-state index contributed by atoms with van der Waals surface area (Å²) in [6.45, 7) is 5.50. The van der Waals surface area contributed by atoms with E-state index in [0.717, 1.165) is 0 Å². The molecule has 0 N–H and O–H groups in total. The standard InChI is InChI=1S/C8H16N2/c1-4-8-5-9-7(2)10(3)6-8/h5,7-8H,4,6H2,1-3H3. The molecule has 0 amide bonds. The van der Waals surface area contributed by atoms with Crippen LogP contribution in [0.4, 0.5) is 0 Å². The maximum atomic E-state index is 4.36. The highest BCUT2D eigenvalue weighted by Gasteiger charge is 2.16. The van der Waals surface area contributed by atoms with Crippen molar-refractivity contribution in [1.29, 1.82) is 0 Å². The van der Waals surface area contributed by atoms with Gasteiger partial charge < -0.3 is 0 Å². The maximum absolute atomic E-state index is 4.36. The topological polar surface area (TPSA) is 15.6 Å². The fourth-order valence-corrected chi connectivity index (χ4v) is 1.16. The van der Waals surface area contributed by atoms with Gasteiger partial charge in [-0.15, -0.1) is 0 Å². The third-order valence-corrected chi connectivity index (χ3v) is 2.20. The van der Waals surface area contributed by atoms with Gasteiger partial charge in [-0.25, -0.2) is 0 Å². The molecule has 58 valence electrons. The lowest BCUT2D eigenvalue weighted by Gasteiger charge is -2.28. The van der Waals surface area contributed by atoms with Crippen LogP contribution in [-0.4, -0.2) is 30.9 Å². The molecule has 0 aromatic rings. The highest BCUT2D eigenvalue weighted by Crippen LogP contribution is 2.10. The van der Waals surface area contributed by atoms with Gasteiger partial charge in [0.15, 0.2) is 0 Å². The minimum Gasteiger partial charge on any atom is -0.285 e. The average molecular weight is 140 g/mol. The highest BCUT2D eigenvalue weighted by molar-refractivity contribution is 5.61. The second-order valence-corrected chi connectivity index (χ2v) is 3.04. The summed E-state index contributed by atoms with van der Waals surface area (Å²) in [7, 11) is 2.13. The van der Waals surface area contributed by atoms with Crippen molar-refractivity contribution in [3.63, 3.8) is 0 Å².